The van der Waals surface area contributed by atoms with Crippen LogP contribution < -0.4 is 4.74 Å². The van der Waals surface area contributed by atoms with Crippen molar-refractivity contribution in [3.05, 3.63) is 65.2 Å². The van der Waals surface area contributed by atoms with Crippen LogP contribution in [-0.2, 0) is 10.9 Å². The van der Waals surface area contributed by atoms with E-state index >= 15 is 0 Å². The topological polar surface area (TPSA) is 38.8 Å². The first kappa shape index (κ1) is 19.2. The van der Waals surface area contributed by atoms with Crippen molar-refractivity contribution in [2.45, 2.75) is 19.2 Å². The van der Waals surface area contributed by atoms with Crippen LogP contribution in [0.25, 0.3) is 0 Å². The van der Waals surface area contributed by atoms with E-state index < -0.39 is 17.8 Å². The molecule has 0 aromatic heterocycles. The summed E-state index contributed by atoms with van der Waals surface area (Å²) in [4.78, 5) is 14.5. The van der Waals surface area contributed by atoms with Crippen LogP contribution in [0.1, 0.15) is 34.5 Å². The number of amides is 1. The van der Waals surface area contributed by atoms with Crippen LogP contribution in [0.4, 0.5) is 13.2 Å². The zero-order chi connectivity index (χ0) is 19.4. The standard InChI is InChI=1S/C20H20F3NO3/c1-2-26-17-6-4-3-5-16(17)19(25)24-11-12-27-18(13-24)14-7-9-15(10-8-14)20(21,22)23/h3-10,18H,2,11-13H2,1H3/t18-/m1/s1. The second-order valence-corrected chi connectivity index (χ2v) is 6.16. The van der Waals surface area contributed by atoms with Crippen LogP contribution in [0.3, 0.4) is 0 Å². The van der Waals surface area contributed by atoms with Gasteiger partial charge in [0.25, 0.3) is 5.91 Å². The van der Waals surface area contributed by atoms with Crippen molar-refractivity contribution in [3.8, 4) is 5.75 Å². The third-order valence-corrected chi connectivity index (χ3v) is 4.38. The Morgan fingerprint density at radius 3 is 2.56 bits per heavy atom. The van der Waals surface area contributed by atoms with Gasteiger partial charge < -0.3 is 14.4 Å². The Morgan fingerprint density at radius 2 is 1.89 bits per heavy atom. The molecule has 1 aliphatic rings. The number of ether oxygens (including phenoxy) is 2. The molecule has 4 nitrogen and oxygen atoms in total. The van der Waals surface area contributed by atoms with Gasteiger partial charge in [0.1, 0.15) is 11.9 Å². The number of alkyl halides is 3. The van der Waals surface area contributed by atoms with Crippen LogP contribution in [-0.4, -0.2) is 37.1 Å². The van der Waals surface area contributed by atoms with Crippen LogP contribution in [0, 0.1) is 0 Å². The van der Waals surface area contributed by atoms with Crippen molar-refractivity contribution in [2.24, 2.45) is 0 Å². The molecule has 27 heavy (non-hydrogen) atoms. The largest absolute Gasteiger partial charge is 0.493 e. The van der Waals surface area contributed by atoms with Crippen molar-refractivity contribution in [2.75, 3.05) is 26.3 Å². The maximum absolute atomic E-state index is 12.9. The summed E-state index contributed by atoms with van der Waals surface area (Å²) in [5.74, 6) is 0.335. The zero-order valence-corrected chi connectivity index (χ0v) is 14.8. The van der Waals surface area contributed by atoms with Gasteiger partial charge in [-0.15, -0.1) is 0 Å². The summed E-state index contributed by atoms with van der Waals surface area (Å²) in [6.07, 6.45) is -4.85. The van der Waals surface area contributed by atoms with Gasteiger partial charge in [-0.2, -0.15) is 13.2 Å². The van der Waals surface area contributed by atoms with E-state index in [9.17, 15) is 18.0 Å². The van der Waals surface area contributed by atoms with Crippen LogP contribution in [0.2, 0.25) is 0 Å². The lowest BCUT2D eigenvalue weighted by atomic mass is 10.0. The molecule has 1 saturated heterocycles. The number of nitrogens with zero attached hydrogens (tertiary/aromatic N) is 1. The Labute approximate surface area is 155 Å². The minimum absolute atomic E-state index is 0.181. The van der Waals surface area contributed by atoms with Crippen molar-refractivity contribution >= 4 is 5.91 Å². The van der Waals surface area contributed by atoms with Crippen LogP contribution >= 0.6 is 0 Å². The fraction of sp³-hybridized carbons (Fsp3) is 0.350. The number of hydrogen-bond acceptors (Lipinski definition) is 3. The van der Waals surface area contributed by atoms with E-state index in [-0.39, 0.29) is 12.5 Å². The third kappa shape index (κ3) is 4.42. The van der Waals surface area contributed by atoms with Gasteiger partial charge in [-0.1, -0.05) is 24.3 Å². The van der Waals surface area contributed by atoms with Crippen molar-refractivity contribution in [1.82, 2.24) is 4.90 Å². The molecule has 7 heteroatoms. The molecule has 1 amide bonds. The van der Waals surface area contributed by atoms with Crippen molar-refractivity contribution in [3.63, 3.8) is 0 Å². The van der Waals surface area contributed by atoms with E-state index in [2.05, 4.69) is 0 Å². The summed E-state index contributed by atoms with van der Waals surface area (Å²) < 4.78 is 49.4. The Morgan fingerprint density at radius 1 is 1.19 bits per heavy atom. The molecule has 1 aliphatic heterocycles. The smallest absolute Gasteiger partial charge is 0.416 e. The highest BCUT2D eigenvalue weighted by atomic mass is 19.4. The fourth-order valence-corrected chi connectivity index (χ4v) is 3.02. The molecule has 1 fully saturated rings. The molecule has 2 aromatic carbocycles. The van der Waals surface area contributed by atoms with Gasteiger partial charge in [0.05, 0.1) is 30.9 Å². The van der Waals surface area contributed by atoms with E-state index in [0.29, 0.717) is 36.6 Å². The molecular weight excluding hydrogens is 359 g/mol. The Hall–Kier alpha value is -2.54. The fourth-order valence-electron chi connectivity index (χ4n) is 3.02. The lowest BCUT2D eigenvalue weighted by molar-refractivity contribution is -0.137. The molecule has 0 bridgehead atoms. The minimum Gasteiger partial charge on any atom is -0.493 e. The highest BCUT2D eigenvalue weighted by Gasteiger charge is 2.31. The molecule has 0 radical (unpaired) electrons. The van der Waals surface area contributed by atoms with Crippen LogP contribution in [0.15, 0.2) is 48.5 Å². The Bertz CT molecular complexity index is 790. The predicted molar refractivity (Wildman–Crippen MR) is 93.7 cm³/mol. The van der Waals surface area contributed by atoms with Gasteiger partial charge in [-0.05, 0) is 36.8 Å². The molecule has 0 aliphatic carbocycles. The van der Waals surface area contributed by atoms with E-state index in [1.165, 1.54) is 12.1 Å². The summed E-state index contributed by atoms with van der Waals surface area (Å²) in [6, 6.07) is 11.9. The number of hydrogen-bond donors (Lipinski definition) is 0. The lowest BCUT2D eigenvalue weighted by Crippen LogP contribution is -2.42. The average Bonchev–Trinajstić information content (AvgIpc) is 2.68. The number of rotatable bonds is 4. The quantitative estimate of drug-likeness (QED) is 0.794. The number of benzene rings is 2. The molecule has 1 heterocycles. The SMILES string of the molecule is CCOc1ccccc1C(=O)N1CCO[C@@H](c2ccc(C(F)(F)F)cc2)C1. The van der Waals surface area contributed by atoms with E-state index in [4.69, 9.17) is 9.47 Å². The number of para-hydroxylation sites is 1. The second-order valence-electron chi connectivity index (χ2n) is 6.16. The van der Waals surface area contributed by atoms with E-state index in [0.717, 1.165) is 12.1 Å². The maximum atomic E-state index is 12.9. The monoisotopic (exact) mass is 379 g/mol. The molecule has 2 aromatic rings. The summed E-state index contributed by atoms with van der Waals surface area (Å²) in [5.41, 5.74) is 0.367. The molecule has 144 valence electrons. The second kappa shape index (κ2) is 8.00. The van der Waals surface area contributed by atoms with Crippen molar-refractivity contribution < 1.29 is 27.4 Å². The molecule has 0 N–H and O–H groups in total. The van der Waals surface area contributed by atoms with Gasteiger partial charge in [-0.25, -0.2) is 0 Å². The maximum Gasteiger partial charge on any atom is 0.416 e. The van der Waals surface area contributed by atoms with Gasteiger partial charge in [-0.3, -0.25) is 4.79 Å². The molecule has 0 saturated carbocycles. The first-order valence-corrected chi connectivity index (χ1v) is 8.70. The molecule has 1 atom stereocenters. The van der Waals surface area contributed by atoms with E-state index in [1.807, 2.05) is 6.92 Å². The number of halogens is 3. The van der Waals surface area contributed by atoms with Gasteiger partial charge >= 0.3 is 6.18 Å². The number of carbonyl (C=O) groups excluding carboxylic acids is 1. The Kier molecular flexibility index (Phi) is 5.70. The predicted octanol–water partition coefficient (Wildman–Crippen LogP) is 4.32. The average molecular weight is 379 g/mol. The number of morpholine rings is 1. The minimum atomic E-state index is -4.38. The van der Waals surface area contributed by atoms with Gasteiger partial charge in [0, 0.05) is 6.54 Å². The lowest BCUT2D eigenvalue weighted by Gasteiger charge is -2.33. The first-order valence-electron chi connectivity index (χ1n) is 8.70. The zero-order valence-electron chi connectivity index (χ0n) is 14.8. The molecule has 0 spiro atoms. The first-order chi connectivity index (χ1) is 12.9. The summed E-state index contributed by atoms with van der Waals surface area (Å²) in [7, 11) is 0. The third-order valence-electron chi connectivity index (χ3n) is 4.38. The number of carbonyl (C=O) groups is 1. The highest BCUT2D eigenvalue weighted by molar-refractivity contribution is 5.97. The van der Waals surface area contributed by atoms with Crippen molar-refractivity contribution in [1.29, 1.82) is 0 Å². The van der Waals surface area contributed by atoms with Gasteiger partial charge in [0.15, 0.2) is 0 Å². The summed E-state index contributed by atoms with van der Waals surface area (Å²) in [5, 5.41) is 0. The molecule has 0 unspecified atom stereocenters. The van der Waals surface area contributed by atoms with E-state index in [1.54, 1.807) is 29.2 Å². The highest BCUT2D eigenvalue weighted by Crippen LogP contribution is 2.31. The normalized spacial score (nSPS) is 17.6. The van der Waals surface area contributed by atoms with Crippen LogP contribution in [0.5, 0.6) is 5.75 Å². The summed E-state index contributed by atoms with van der Waals surface area (Å²) in [6.45, 7) is 3.29. The Balaban J connectivity index is 1.75. The summed E-state index contributed by atoms with van der Waals surface area (Å²) >= 11 is 0. The van der Waals surface area contributed by atoms with Gasteiger partial charge in [0.2, 0.25) is 0 Å². The molecular formula is C20H20F3NO3. The molecule has 3 rings (SSSR count).